The molecule has 6 nitrogen and oxygen atoms in total. The van der Waals surface area contributed by atoms with Gasteiger partial charge in [0.25, 0.3) is 5.91 Å². The molecule has 1 saturated heterocycles. The first-order chi connectivity index (χ1) is 12.9. The number of sulfonamides is 1. The molecule has 7 heteroatoms. The standard InChI is InChI=1S/C20H25N3O3S/c1-16-5-3-4-6-18(16)15-22-11-13-23(14-12-22)20(24)17-7-9-19(10-8-17)27(25,26)21-2/h3-10,21H,11-15H2,1-2H3. The van der Waals surface area contributed by atoms with Crippen molar-refractivity contribution >= 4 is 15.9 Å². The number of nitrogens with zero attached hydrogens (tertiary/aromatic N) is 2. The van der Waals surface area contributed by atoms with E-state index < -0.39 is 10.0 Å². The minimum atomic E-state index is -3.49. The van der Waals surface area contributed by atoms with Gasteiger partial charge in [-0.1, -0.05) is 24.3 Å². The van der Waals surface area contributed by atoms with Crippen molar-refractivity contribution in [2.75, 3.05) is 33.2 Å². The number of hydrogen-bond donors (Lipinski definition) is 1. The van der Waals surface area contributed by atoms with Crippen molar-refractivity contribution in [2.24, 2.45) is 0 Å². The summed E-state index contributed by atoms with van der Waals surface area (Å²) in [6.07, 6.45) is 0. The van der Waals surface area contributed by atoms with Crippen LogP contribution in [0.1, 0.15) is 21.5 Å². The normalized spacial score (nSPS) is 15.7. The van der Waals surface area contributed by atoms with Gasteiger partial charge in [-0.2, -0.15) is 0 Å². The average molecular weight is 388 g/mol. The summed E-state index contributed by atoms with van der Waals surface area (Å²) in [7, 11) is -2.12. The summed E-state index contributed by atoms with van der Waals surface area (Å²) in [5, 5.41) is 0. The van der Waals surface area contributed by atoms with E-state index in [2.05, 4.69) is 34.7 Å². The third-order valence-electron chi connectivity index (χ3n) is 5.00. The van der Waals surface area contributed by atoms with Crippen LogP contribution in [0.25, 0.3) is 0 Å². The van der Waals surface area contributed by atoms with Crippen LogP contribution >= 0.6 is 0 Å². The Morgan fingerprint density at radius 1 is 1.00 bits per heavy atom. The zero-order chi connectivity index (χ0) is 19.4. The van der Waals surface area contributed by atoms with E-state index in [4.69, 9.17) is 0 Å². The second kappa shape index (κ2) is 8.21. The zero-order valence-corrected chi connectivity index (χ0v) is 16.5. The lowest BCUT2D eigenvalue weighted by molar-refractivity contribution is 0.0628. The zero-order valence-electron chi connectivity index (χ0n) is 15.7. The van der Waals surface area contributed by atoms with Gasteiger partial charge in [-0.25, -0.2) is 13.1 Å². The summed E-state index contributed by atoms with van der Waals surface area (Å²) < 4.78 is 25.8. The van der Waals surface area contributed by atoms with Gasteiger partial charge < -0.3 is 4.90 Å². The highest BCUT2D eigenvalue weighted by Gasteiger charge is 2.23. The molecule has 1 aliphatic heterocycles. The van der Waals surface area contributed by atoms with Gasteiger partial charge in [-0.05, 0) is 49.4 Å². The lowest BCUT2D eigenvalue weighted by atomic mass is 10.1. The van der Waals surface area contributed by atoms with Crippen molar-refractivity contribution in [3.05, 3.63) is 65.2 Å². The molecule has 0 aliphatic carbocycles. The van der Waals surface area contributed by atoms with E-state index in [0.717, 1.165) is 19.6 Å². The van der Waals surface area contributed by atoms with Crippen molar-refractivity contribution in [1.29, 1.82) is 0 Å². The quantitative estimate of drug-likeness (QED) is 0.850. The Hall–Kier alpha value is -2.22. The third kappa shape index (κ3) is 4.55. The molecule has 0 bridgehead atoms. The molecule has 0 saturated carbocycles. The van der Waals surface area contributed by atoms with Crippen LogP contribution in [0.4, 0.5) is 0 Å². The SMILES string of the molecule is CNS(=O)(=O)c1ccc(C(=O)N2CCN(Cc3ccccc3C)CC2)cc1. The third-order valence-corrected chi connectivity index (χ3v) is 6.43. The molecule has 1 heterocycles. The van der Waals surface area contributed by atoms with Crippen molar-refractivity contribution in [1.82, 2.24) is 14.5 Å². The number of carbonyl (C=O) groups excluding carboxylic acids is 1. The van der Waals surface area contributed by atoms with Gasteiger partial charge >= 0.3 is 0 Å². The molecule has 0 unspecified atom stereocenters. The molecular weight excluding hydrogens is 362 g/mol. The van der Waals surface area contributed by atoms with Gasteiger partial charge in [-0.15, -0.1) is 0 Å². The topological polar surface area (TPSA) is 69.7 Å². The summed E-state index contributed by atoms with van der Waals surface area (Å²) in [6, 6.07) is 14.4. The number of aryl methyl sites for hydroxylation is 1. The first-order valence-corrected chi connectivity index (χ1v) is 10.5. The van der Waals surface area contributed by atoms with Crippen molar-refractivity contribution in [3.8, 4) is 0 Å². The second-order valence-electron chi connectivity index (χ2n) is 6.73. The van der Waals surface area contributed by atoms with E-state index in [1.165, 1.54) is 30.3 Å². The molecule has 3 rings (SSSR count). The number of nitrogens with one attached hydrogen (secondary N) is 1. The van der Waals surface area contributed by atoms with Gasteiger partial charge in [0.05, 0.1) is 4.90 Å². The second-order valence-corrected chi connectivity index (χ2v) is 8.61. The highest BCUT2D eigenvalue weighted by molar-refractivity contribution is 7.89. The van der Waals surface area contributed by atoms with E-state index in [0.29, 0.717) is 18.7 Å². The Morgan fingerprint density at radius 3 is 2.22 bits per heavy atom. The maximum atomic E-state index is 12.7. The Kier molecular flexibility index (Phi) is 5.94. The largest absolute Gasteiger partial charge is 0.336 e. The molecule has 144 valence electrons. The van der Waals surface area contributed by atoms with Crippen molar-refractivity contribution in [3.63, 3.8) is 0 Å². The van der Waals surface area contributed by atoms with Crippen LogP contribution in [0.15, 0.2) is 53.4 Å². The molecule has 1 amide bonds. The fraction of sp³-hybridized carbons (Fsp3) is 0.350. The van der Waals surface area contributed by atoms with Crippen LogP contribution in [0.2, 0.25) is 0 Å². The van der Waals surface area contributed by atoms with E-state index in [1.807, 2.05) is 11.0 Å². The minimum Gasteiger partial charge on any atom is -0.336 e. The molecule has 1 aliphatic rings. The van der Waals surface area contributed by atoms with Crippen LogP contribution in [-0.2, 0) is 16.6 Å². The lowest BCUT2D eigenvalue weighted by Crippen LogP contribution is -2.48. The van der Waals surface area contributed by atoms with Gasteiger partial charge in [0.2, 0.25) is 10.0 Å². The van der Waals surface area contributed by atoms with Gasteiger partial charge in [-0.3, -0.25) is 9.69 Å². The lowest BCUT2D eigenvalue weighted by Gasteiger charge is -2.35. The molecule has 0 aromatic heterocycles. The Balaban J connectivity index is 1.59. The Bertz CT molecular complexity index is 902. The van der Waals surface area contributed by atoms with E-state index >= 15 is 0 Å². The molecule has 0 spiro atoms. The number of amides is 1. The van der Waals surface area contributed by atoms with Gasteiger partial charge in [0.1, 0.15) is 0 Å². The van der Waals surface area contributed by atoms with Gasteiger partial charge in [0, 0.05) is 38.3 Å². The maximum Gasteiger partial charge on any atom is 0.253 e. The fourth-order valence-corrected chi connectivity index (χ4v) is 3.94. The van der Waals surface area contributed by atoms with Crippen molar-refractivity contribution < 1.29 is 13.2 Å². The summed E-state index contributed by atoms with van der Waals surface area (Å²) in [6.45, 7) is 6.00. The van der Waals surface area contributed by atoms with Crippen LogP contribution < -0.4 is 4.72 Å². The van der Waals surface area contributed by atoms with Gasteiger partial charge in [0.15, 0.2) is 0 Å². The molecule has 0 atom stereocenters. The number of piperazine rings is 1. The molecule has 2 aromatic rings. The highest BCUT2D eigenvalue weighted by Crippen LogP contribution is 2.15. The number of carbonyl (C=O) groups is 1. The maximum absolute atomic E-state index is 12.7. The number of hydrogen-bond acceptors (Lipinski definition) is 4. The molecule has 2 aromatic carbocycles. The molecule has 1 N–H and O–H groups in total. The molecule has 1 fully saturated rings. The smallest absolute Gasteiger partial charge is 0.253 e. The van der Waals surface area contributed by atoms with Crippen LogP contribution in [0.3, 0.4) is 0 Å². The average Bonchev–Trinajstić information content (AvgIpc) is 2.70. The van der Waals surface area contributed by atoms with E-state index in [1.54, 1.807) is 12.1 Å². The highest BCUT2D eigenvalue weighted by atomic mass is 32.2. The summed E-state index contributed by atoms with van der Waals surface area (Å²) in [5.41, 5.74) is 3.11. The number of rotatable bonds is 5. The predicted octanol–water partition coefficient (Wildman–Crippen LogP) is 1.86. The Labute approximate surface area is 160 Å². The molecule has 0 radical (unpaired) electrons. The monoisotopic (exact) mass is 387 g/mol. The summed E-state index contributed by atoms with van der Waals surface area (Å²) >= 11 is 0. The fourth-order valence-electron chi connectivity index (χ4n) is 3.21. The van der Waals surface area contributed by atoms with Crippen LogP contribution in [0.5, 0.6) is 0 Å². The first-order valence-electron chi connectivity index (χ1n) is 9.00. The summed E-state index contributed by atoms with van der Waals surface area (Å²) in [4.78, 5) is 17.0. The van der Waals surface area contributed by atoms with Crippen LogP contribution in [-0.4, -0.2) is 57.4 Å². The summed E-state index contributed by atoms with van der Waals surface area (Å²) in [5.74, 6) is -0.0565. The first kappa shape index (κ1) is 19.5. The van der Waals surface area contributed by atoms with E-state index in [-0.39, 0.29) is 10.8 Å². The predicted molar refractivity (Wildman–Crippen MR) is 105 cm³/mol. The molecular formula is C20H25N3O3S. The minimum absolute atomic E-state index is 0.0565. The number of benzene rings is 2. The Morgan fingerprint density at radius 2 is 1.63 bits per heavy atom. The molecule has 27 heavy (non-hydrogen) atoms. The van der Waals surface area contributed by atoms with Crippen LogP contribution in [0, 0.1) is 6.92 Å². The van der Waals surface area contributed by atoms with E-state index in [9.17, 15) is 13.2 Å². The van der Waals surface area contributed by atoms with Crippen molar-refractivity contribution in [2.45, 2.75) is 18.4 Å².